The minimum Gasteiger partial charge on any atom is -0.382 e. The first-order valence-corrected chi connectivity index (χ1v) is 6.28. The van der Waals surface area contributed by atoms with E-state index in [0.717, 1.165) is 11.3 Å². The maximum absolute atomic E-state index is 13.2. The molecule has 0 bridgehead atoms. The Balaban J connectivity index is 2.01. The molecule has 1 aromatic carbocycles. The normalized spacial score (nSPS) is 18.1. The molecule has 1 aliphatic rings. The van der Waals surface area contributed by atoms with Crippen molar-refractivity contribution in [3.63, 3.8) is 0 Å². The molecular formula is C14H20FN. The molecule has 1 fully saturated rings. The van der Waals surface area contributed by atoms with Gasteiger partial charge in [-0.2, -0.15) is 0 Å². The number of hydrogen-bond acceptors (Lipinski definition) is 1. The van der Waals surface area contributed by atoms with Gasteiger partial charge < -0.3 is 5.32 Å². The average Bonchev–Trinajstić information content (AvgIpc) is 2.44. The standard InChI is InChI=1S/C14H20FN/c1-11-8-12(15)10-14(9-11)16-13-6-4-2-3-5-7-13/h8-10,13,16H,2-7H2,1H3. The topological polar surface area (TPSA) is 12.0 Å². The number of halogens is 1. The molecular weight excluding hydrogens is 201 g/mol. The maximum atomic E-state index is 13.2. The molecule has 1 aliphatic carbocycles. The second kappa shape index (κ2) is 5.33. The number of hydrogen-bond donors (Lipinski definition) is 1. The highest BCUT2D eigenvalue weighted by Gasteiger charge is 2.12. The van der Waals surface area contributed by atoms with Gasteiger partial charge in [0.2, 0.25) is 0 Å². The molecule has 0 spiro atoms. The Labute approximate surface area is 97.1 Å². The zero-order chi connectivity index (χ0) is 11.4. The summed E-state index contributed by atoms with van der Waals surface area (Å²) in [5.41, 5.74) is 1.92. The Hall–Kier alpha value is -1.05. The molecule has 0 unspecified atom stereocenters. The van der Waals surface area contributed by atoms with E-state index in [9.17, 15) is 4.39 Å². The number of rotatable bonds is 2. The lowest BCUT2D eigenvalue weighted by atomic mass is 10.1. The monoisotopic (exact) mass is 221 g/mol. The Morgan fingerprint density at radius 2 is 1.75 bits per heavy atom. The molecule has 1 N–H and O–H groups in total. The van der Waals surface area contributed by atoms with Crippen LogP contribution in [-0.4, -0.2) is 6.04 Å². The number of nitrogens with one attached hydrogen (secondary N) is 1. The highest BCUT2D eigenvalue weighted by atomic mass is 19.1. The molecule has 0 saturated heterocycles. The molecule has 2 rings (SSSR count). The van der Waals surface area contributed by atoms with Crippen molar-refractivity contribution in [2.75, 3.05) is 5.32 Å². The van der Waals surface area contributed by atoms with Gasteiger partial charge in [0, 0.05) is 11.7 Å². The van der Waals surface area contributed by atoms with Crippen molar-refractivity contribution >= 4 is 5.69 Å². The van der Waals surface area contributed by atoms with Crippen molar-refractivity contribution < 1.29 is 4.39 Å². The molecule has 2 heteroatoms. The fourth-order valence-electron chi connectivity index (χ4n) is 2.48. The summed E-state index contributed by atoms with van der Waals surface area (Å²) in [6, 6.07) is 5.72. The Bertz CT molecular complexity index is 320. The molecule has 16 heavy (non-hydrogen) atoms. The molecule has 1 saturated carbocycles. The van der Waals surface area contributed by atoms with E-state index in [-0.39, 0.29) is 5.82 Å². The second-order valence-electron chi connectivity index (χ2n) is 4.85. The Morgan fingerprint density at radius 1 is 1.06 bits per heavy atom. The summed E-state index contributed by atoms with van der Waals surface area (Å²) in [6.07, 6.45) is 7.73. The largest absolute Gasteiger partial charge is 0.382 e. The van der Waals surface area contributed by atoms with Gasteiger partial charge in [0.15, 0.2) is 0 Å². The molecule has 0 atom stereocenters. The molecule has 1 nitrogen and oxygen atoms in total. The summed E-state index contributed by atoms with van der Waals surface area (Å²) < 4.78 is 13.2. The van der Waals surface area contributed by atoms with Gasteiger partial charge in [-0.1, -0.05) is 25.7 Å². The first kappa shape index (κ1) is 11.4. The summed E-state index contributed by atoms with van der Waals surface area (Å²) in [5.74, 6) is -0.142. The van der Waals surface area contributed by atoms with Gasteiger partial charge >= 0.3 is 0 Å². The minimum atomic E-state index is -0.142. The van der Waals surface area contributed by atoms with Crippen molar-refractivity contribution in [2.24, 2.45) is 0 Å². The van der Waals surface area contributed by atoms with Crippen molar-refractivity contribution in [3.05, 3.63) is 29.6 Å². The fraction of sp³-hybridized carbons (Fsp3) is 0.571. The molecule has 0 radical (unpaired) electrons. The van der Waals surface area contributed by atoms with Gasteiger partial charge in [0.25, 0.3) is 0 Å². The average molecular weight is 221 g/mol. The molecule has 88 valence electrons. The third kappa shape index (κ3) is 3.22. The number of aryl methyl sites for hydroxylation is 1. The van der Waals surface area contributed by atoms with Crippen LogP contribution in [0.1, 0.15) is 44.1 Å². The quantitative estimate of drug-likeness (QED) is 0.735. The Morgan fingerprint density at radius 3 is 2.38 bits per heavy atom. The summed E-state index contributed by atoms with van der Waals surface area (Å²) in [4.78, 5) is 0. The summed E-state index contributed by atoms with van der Waals surface area (Å²) in [5, 5.41) is 3.46. The first-order chi connectivity index (χ1) is 7.74. The van der Waals surface area contributed by atoms with Gasteiger partial charge in [-0.15, -0.1) is 0 Å². The molecule has 1 aromatic rings. The third-order valence-corrected chi connectivity index (χ3v) is 3.27. The maximum Gasteiger partial charge on any atom is 0.125 e. The summed E-state index contributed by atoms with van der Waals surface area (Å²) in [6.45, 7) is 1.93. The van der Waals surface area contributed by atoms with Crippen molar-refractivity contribution in [2.45, 2.75) is 51.5 Å². The van der Waals surface area contributed by atoms with Crippen LogP contribution < -0.4 is 5.32 Å². The van der Waals surface area contributed by atoms with Gasteiger partial charge in [-0.25, -0.2) is 4.39 Å². The van der Waals surface area contributed by atoms with E-state index in [2.05, 4.69) is 5.32 Å². The van der Waals surface area contributed by atoms with Crippen LogP contribution in [0.5, 0.6) is 0 Å². The molecule has 0 aromatic heterocycles. The van der Waals surface area contributed by atoms with Crippen LogP contribution in [0, 0.1) is 12.7 Å². The van der Waals surface area contributed by atoms with E-state index < -0.39 is 0 Å². The van der Waals surface area contributed by atoms with E-state index in [1.807, 2.05) is 13.0 Å². The van der Waals surface area contributed by atoms with E-state index >= 15 is 0 Å². The SMILES string of the molecule is Cc1cc(F)cc(NC2CCCCCC2)c1. The van der Waals surface area contributed by atoms with Gasteiger partial charge in [-0.3, -0.25) is 0 Å². The smallest absolute Gasteiger partial charge is 0.125 e. The summed E-state index contributed by atoms with van der Waals surface area (Å²) in [7, 11) is 0. The highest BCUT2D eigenvalue weighted by Crippen LogP contribution is 2.22. The van der Waals surface area contributed by atoms with Crippen LogP contribution in [0.25, 0.3) is 0 Å². The zero-order valence-corrected chi connectivity index (χ0v) is 9.93. The first-order valence-electron chi connectivity index (χ1n) is 6.28. The predicted molar refractivity (Wildman–Crippen MR) is 66.2 cm³/mol. The van der Waals surface area contributed by atoms with Crippen molar-refractivity contribution in [1.29, 1.82) is 0 Å². The lowest BCUT2D eigenvalue weighted by Crippen LogP contribution is -2.18. The van der Waals surface area contributed by atoms with E-state index in [0.29, 0.717) is 6.04 Å². The summed E-state index contributed by atoms with van der Waals surface area (Å²) >= 11 is 0. The van der Waals surface area contributed by atoms with Crippen molar-refractivity contribution in [1.82, 2.24) is 0 Å². The highest BCUT2D eigenvalue weighted by molar-refractivity contribution is 5.46. The number of anilines is 1. The van der Waals surface area contributed by atoms with Crippen LogP contribution in [0.3, 0.4) is 0 Å². The van der Waals surface area contributed by atoms with Gasteiger partial charge in [-0.05, 0) is 43.5 Å². The van der Waals surface area contributed by atoms with Crippen LogP contribution >= 0.6 is 0 Å². The zero-order valence-electron chi connectivity index (χ0n) is 9.93. The predicted octanol–water partition coefficient (Wildman–Crippen LogP) is 4.27. The number of benzene rings is 1. The Kier molecular flexibility index (Phi) is 3.81. The minimum absolute atomic E-state index is 0.142. The fourth-order valence-corrected chi connectivity index (χ4v) is 2.48. The van der Waals surface area contributed by atoms with E-state index in [1.54, 1.807) is 12.1 Å². The molecule has 0 aliphatic heterocycles. The van der Waals surface area contributed by atoms with Crippen LogP contribution in [0.4, 0.5) is 10.1 Å². The van der Waals surface area contributed by atoms with Crippen LogP contribution in [0.15, 0.2) is 18.2 Å². The van der Waals surface area contributed by atoms with Gasteiger partial charge in [0.05, 0.1) is 0 Å². The molecule has 0 heterocycles. The van der Waals surface area contributed by atoms with E-state index in [4.69, 9.17) is 0 Å². The second-order valence-corrected chi connectivity index (χ2v) is 4.85. The van der Waals surface area contributed by atoms with Crippen molar-refractivity contribution in [3.8, 4) is 0 Å². The lowest BCUT2D eigenvalue weighted by molar-refractivity contribution is 0.612. The lowest BCUT2D eigenvalue weighted by Gasteiger charge is -2.18. The third-order valence-electron chi connectivity index (χ3n) is 3.27. The molecule has 0 amide bonds. The van der Waals surface area contributed by atoms with Gasteiger partial charge in [0.1, 0.15) is 5.82 Å². The van der Waals surface area contributed by atoms with Crippen LogP contribution in [0.2, 0.25) is 0 Å². The van der Waals surface area contributed by atoms with E-state index in [1.165, 1.54) is 38.5 Å². The van der Waals surface area contributed by atoms with Crippen LogP contribution in [-0.2, 0) is 0 Å².